The smallest absolute Gasteiger partial charge is 0.227 e. The molecule has 2 fully saturated rings. The number of aryl methyl sites for hydroxylation is 1. The summed E-state index contributed by atoms with van der Waals surface area (Å²) in [6.07, 6.45) is 2.60. The van der Waals surface area contributed by atoms with E-state index in [0.29, 0.717) is 12.3 Å². The maximum atomic E-state index is 12.9. The average molecular weight is 340 g/mol. The summed E-state index contributed by atoms with van der Waals surface area (Å²) >= 11 is 0. The topological polar surface area (TPSA) is 50.6 Å². The number of piperidine rings is 1. The van der Waals surface area contributed by atoms with E-state index < -0.39 is 0 Å². The van der Waals surface area contributed by atoms with Gasteiger partial charge in [-0.25, -0.2) is 0 Å². The highest BCUT2D eigenvalue weighted by molar-refractivity contribution is 5.79. The summed E-state index contributed by atoms with van der Waals surface area (Å²) in [6, 6.07) is 10.8. The minimum absolute atomic E-state index is 0.109. The van der Waals surface area contributed by atoms with E-state index in [-0.39, 0.29) is 5.92 Å². The second kappa shape index (κ2) is 8.35. The highest BCUT2D eigenvalue weighted by Gasteiger charge is 2.30. The largest absolute Gasteiger partial charge is 0.368 e. The number of carbonyl (C=O) groups is 1. The van der Waals surface area contributed by atoms with Gasteiger partial charge in [0.2, 0.25) is 5.91 Å². The van der Waals surface area contributed by atoms with Crippen molar-refractivity contribution in [3.8, 4) is 6.07 Å². The van der Waals surface area contributed by atoms with Crippen LogP contribution < -0.4 is 4.90 Å². The Bertz CT molecular complexity index is 631. The Morgan fingerprint density at radius 3 is 2.76 bits per heavy atom. The lowest BCUT2D eigenvalue weighted by atomic mass is 9.96. The molecule has 0 N–H and O–H groups in total. The van der Waals surface area contributed by atoms with Crippen LogP contribution in [0.15, 0.2) is 24.3 Å². The molecule has 1 aromatic carbocycles. The number of piperazine rings is 1. The molecule has 2 aliphatic heterocycles. The standard InChI is InChI=1S/C20H28N4O/c1-17-5-2-7-19(15-17)23-11-13-24(14-12-23)20(25)18-6-3-9-22(16-18)10-4-8-21/h2,5,7,15,18H,3-4,6,9-14,16H2,1H3. The molecule has 2 heterocycles. The van der Waals surface area contributed by atoms with Gasteiger partial charge in [-0.15, -0.1) is 0 Å². The molecule has 134 valence electrons. The number of rotatable bonds is 4. The Morgan fingerprint density at radius 1 is 1.24 bits per heavy atom. The Labute approximate surface area is 150 Å². The lowest BCUT2D eigenvalue weighted by molar-refractivity contribution is -0.137. The highest BCUT2D eigenvalue weighted by atomic mass is 16.2. The van der Waals surface area contributed by atoms with Gasteiger partial charge in [0.15, 0.2) is 0 Å². The van der Waals surface area contributed by atoms with Crippen LogP contribution in [-0.4, -0.2) is 61.5 Å². The van der Waals surface area contributed by atoms with Gasteiger partial charge < -0.3 is 14.7 Å². The highest BCUT2D eigenvalue weighted by Crippen LogP contribution is 2.22. The van der Waals surface area contributed by atoms with Crippen molar-refractivity contribution in [2.75, 3.05) is 50.7 Å². The molecule has 1 amide bonds. The van der Waals surface area contributed by atoms with Gasteiger partial charge >= 0.3 is 0 Å². The molecule has 0 aromatic heterocycles. The van der Waals surface area contributed by atoms with Crippen LogP contribution in [0.25, 0.3) is 0 Å². The van der Waals surface area contributed by atoms with Crippen molar-refractivity contribution < 1.29 is 4.79 Å². The van der Waals surface area contributed by atoms with E-state index >= 15 is 0 Å². The summed E-state index contributed by atoms with van der Waals surface area (Å²) in [6.45, 7) is 8.17. The summed E-state index contributed by atoms with van der Waals surface area (Å²) in [5, 5.41) is 8.76. The van der Waals surface area contributed by atoms with Crippen LogP contribution >= 0.6 is 0 Å². The van der Waals surface area contributed by atoms with Gasteiger partial charge in [0.25, 0.3) is 0 Å². The van der Waals surface area contributed by atoms with Crippen molar-refractivity contribution in [3.63, 3.8) is 0 Å². The second-order valence-corrected chi connectivity index (χ2v) is 7.20. The Morgan fingerprint density at radius 2 is 2.04 bits per heavy atom. The summed E-state index contributed by atoms with van der Waals surface area (Å²) in [4.78, 5) is 19.6. The Kier molecular flexibility index (Phi) is 5.93. The molecule has 25 heavy (non-hydrogen) atoms. The van der Waals surface area contributed by atoms with Gasteiger partial charge in [-0.2, -0.15) is 5.26 Å². The lowest BCUT2D eigenvalue weighted by Gasteiger charge is -2.39. The summed E-state index contributed by atoms with van der Waals surface area (Å²) in [7, 11) is 0. The summed E-state index contributed by atoms with van der Waals surface area (Å²) in [5.74, 6) is 0.420. The van der Waals surface area contributed by atoms with Crippen molar-refractivity contribution in [1.82, 2.24) is 9.80 Å². The molecule has 0 aliphatic carbocycles. The van der Waals surface area contributed by atoms with Gasteiger partial charge in [0.05, 0.1) is 12.0 Å². The van der Waals surface area contributed by atoms with Crippen LogP contribution in [0.5, 0.6) is 0 Å². The Balaban J connectivity index is 1.52. The molecule has 1 atom stereocenters. The molecule has 0 spiro atoms. The molecule has 2 saturated heterocycles. The third-order valence-electron chi connectivity index (χ3n) is 5.35. The fourth-order valence-electron chi connectivity index (χ4n) is 3.94. The number of nitriles is 1. The predicted molar refractivity (Wildman–Crippen MR) is 99.4 cm³/mol. The number of amides is 1. The SMILES string of the molecule is Cc1cccc(N2CCN(C(=O)C3CCCN(CCC#N)C3)CC2)c1. The zero-order valence-electron chi connectivity index (χ0n) is 15.2. The number of anilines is 1. The van der Waals surface area contributed by atoms with E-state index in [0.717, 1.165) is 58.7 Å². The van der Waals surface area contributed by atoms with Gasteiger partial charge in [-0.1, -0.05) is 12.1 Å². The minimum atomic E-state index is 0.109. The zero-order chi connectivity index (χ0) is 17.6. The molecule has 0 bridgehead atoms. The maximum Gasteiger partial charge on any atom is 0.227 e. The summed E-state index contributed by atoms with van der Waals surface area (Å²) in [5.41, 5.74) is 2.53. The number of hydrogen-bond donors (Lipinski definition) is 0. The van der Waals surface area contributed by atoms with Gasteiger partial charge in [-0.3, -0.25) is 4.79 Å². The average Bonchev–Trinajstić information content (AvgIpc) is 2.66. The van der Waals surface area contributed by atoms with E-state index in [1.165, 1.54) is 11.3 Å². The van der Waals surface area contributed by atoms with E-state index in [1.807, 2.05) is 4.90 Å². The van der Waals surface area contributed by atoms with Crippen LogP contribution in [0.1, 0.15) is 24.8 Å². The van der Waals surface area contributed by atoms with Crippen molar-refractivity contribution >= 4 is 11.6 Å². The number of likely N-dealkylation sites (tertiary alicyclic amines) is 1. The molecule has 3 rings (SSSR count). The predicted octanol–water partition coefficient (Wildman–Crippen LogP) is 2.27. The normalized spacial score (nSPS) is 21.8. The van der Waals surface area contributed by atoms with Crippen molar-refractivity contribution in [1.29, 1.82) is 5.26 Å². The van der Waals surface area contributed by atoms with E-state index in [1.54, 1.807) is 0 Å². The van der Waals surface area contributed by atoms with Crippen LogP contribution in [0.2, 0.25) is 0 Å². The van der Waals surface area contributed by atoms with Crippen molar-refractivity contribution in [3.05, 3.63) is 29.8 Å². The van der Waals surface area contributed by atoms with Gasteiger partial charge in [-0.05, 0) is 44.0 Å². The van der Waals surface area contributed by atoms with Crippen molar-refractivity contribution in [2.45, 2.75) is 26.2 Å². The monoisotopic (exact) mass is 340 g/mol. The molecular weight excluding hydrogens is 312 g/mol. The zero-order valence-corrected chi connectivity index (χ0v) is 15.2. The van der Waals surface area contributed by atoms with E-state index in [2.05, 4.69) is 47.1 Å². The number of benzene rings is 1. The lowest BCUT2D eigenvalue weighted by Crippen LogP contribution is -2.52. The van der Waals surface area contributed by atoms with Gasteiger partial charge in [0, 0.05) is 51.4 Å². The fourth-order valence-corrected chi connectivity index (χ4v) is 3.94. The molecule has 5 heteroatoms. The molecule has 1 aromatic rings. The first-order valence-corrected chi connectivity index (χ1v) is 9.37. The molecule has 0 saturated carbocycles. The van der Waals surface area contributed by atoms with E-state index in [4.69, 9.17) is 5.26 Å². The molecule has 0 radical (unpaired) electrons. The first kappa shape index (κ1) is 17.8. The first-order valence-electron chi connectivity index (χ1n) is 9.37. The quantitative estimate of drug-likeness (QED) is 0.844. The maximum absolute atomic E-state index is 12.9. The second-order valence-electron chi connectivity index (χ2n) is 7.20. The van der Waals surface area contributed by atoms with Crippen LogP contribution in [0.4, 0.5) is 5.69 Å². The van der Waals surface area contributed by atoms with Crippen LogP contribution in [-0.2, 0) is 4.79 Å². The van der Waals surface area contributed by atoms with Crippen LogP contribution in [0.3, 0.4) is 0 Å². The van der Waals surface area contributed by atoms with Crippen molar-refractivity contribution in [2.24, 2.45) is 5.92 Å². The van der Waals surface area contributed by atoms with Gasteiger partial charge in [0.1, 0.15) is 0 Å². The molecule has 2 aliphatic rings. The third kappa shape index (κ3) is 4.52. The molecular formula is C20H28N4O. The number of carbonyl (C=O) groups excluding carboxylic acids is 1. The third-order valence-corrected chi connectivity index (χ3v) is 5.35. The molecule has 5 nitrogen and oxygen atoms in total. The number of nitrogens with zero attached hydrogens (tertiary/aromatic N) is 4. The summed E-state index contributed by atoms with van der Waals surface area (Å²) < 4.78 is 0. The molecule has 1 unspecified atom stereocenters. The van der Waals surface area contributed by atoms with Crippen LogP contribution in [0, 0.1) is 24.2 Å². The first-order chi connectivity index (χ1) is 12.2. The Hall–Kier alpha value is -2.06. The fraction of sp³-hybridized carbons (Fsp3) is 0.600. The minimum Gasteiger partial charge on any atom is -0.368 e. The number of hydrogen-bond acceptors (Lipinski definition) is 4. The van der Waals surface area contributed by atoms with E-state index in [9.17, 15) is 4.79 Å².